The molecule has 0 amide bonds. The second-order valence-corrected chi connectivity index (χ2v) is 6.27. The number of benzene rings is 1. The molecule has 1 aliphatic rings. The Morgan fingerprint density at radius 3 is 2.53 bits per heavy atom. The van der Waals surface area contributed by atoms with E-state index in [1.807, 2.05) is 0 Å². The molecule has 19 heavy (non-hydrogen) atoms. The Hall–Kier alpha value is -0.550. The van der Waals surface area contributed by atoms with E-state index >= 15 is 0 Å². The Morgan fingerprint density at radius 1 is 1.26 bits per heavy atom. The highest BCUT2D eigenvalue weighted by atomic mass is 35.5. The number of alkyl halides is 3. The fourth-order valence-electron chi connectivity index (χ4n) is 2.02. The highest BCUT2D eigenvalue weighted by Crippen LogP contribution is 2.39. The summed E-state index contributed by atoms with van der Waals surface area (Å²) in [7, 11) is 0. The van der Waals surface area contributed by atoms with E-state index in [0.29, 0.717) is 10.3 Å². The molecule has 1 aliphatic carbocycles. The van der Waals surface area contributed by atoms with Crippen LogP contribution in [0.2, 0.25) is 5.02 Å². The molecule has 0 N–H and O–H groups in total. The van der Waals surface area contributed by atoms with Gasteiger partial charge in [0.2, 0.25) is 0 Å². The lowest BCUT2D eigenvalue weighted by molar-refractivity contribution is -0.153. The summed E-state index contributed by atoms with van der Waals surface area (Å²) in [6, 6.07) is 4.72. The van der Waals surface area contributed by atoms with Crippen LogP contribution in [0.4, 0.5) is 13.2 Å². The first kappa shape index (κ1) is 14.9. The lowest BCUT2D eigenvalue weighted by Gasteiger charge is -2.13. The minimum absolute atomic E-state index is 0.151. The molecule has 1 fully saturated rings. The molecule has 0 spiro atoms. The van der Waals surface area contributed by atoms with Gasteiger partial charge >= 0.3 is 6.18 Å². The molecule has 0 radical (unpaired) electrons. The van der Waals surface area contributed by atoms with Gasteiger partial charge in [0.05, 0.1) is 5.02 Å². The van der Waals surface area contributed by atoms with Gasteiger partial charge in [-0.1, -0.05) is 24.4 Å². The van der Waals surface area contributed by atoms with Crippen LogP contribution >= 0.6 is 23.4 Å². The van der Waals surface area contributed by atoms with E-state index in [1.165, 1.54) is 37.8 Å². The largest absolute Gasteiger partial charge is 0.484 e. The molecule has 2 rings (SSSR count). The van der Waals surface area contributed by atoms with Crippen molar-refractivity contribution in [3.8, 4) is 5.75 Å². The molecule has 1 aromatic carbocycles. The zero-order chi connectivity index (χ0) is 13.9. The van der Waals surface area contributed by atoms with Crippen molar-refractivity contribution in [2.45, 2.75) is 42.0 Å². The Bertz CT molecular complexity index is 430. The molecule has 0 bridgehead atoms. The zero-order valence-corrected chi connectivity index (χ0v) is 11.7. The third-order valence-corrected chi connectivity index (χ3v) is 4.74. The van der Waals surface area contributed by atoms with Crippen molar-refractivity contribution in [3.63, 3.8) is 0 Å². The zero-order valence-electron chi connectivity index (χ0n) is 10.2. The van der Waals surface area contributed by atoms with Crippen LogP contribution in [0.1, 0.15) is 25.7 Å². The van der Waals surface area contributed by atoms with Gasteiger partial charge in [-0.3, -0.25) is 0 Å². The van der Waals surface area contributed by atoms with Gasteiger partial charge in [0.25, 0.3) is 0 Å². The van der Waals surface area contributed by atoms with Crippen LogP contribution in [0, 0.1) is 0 Å². The second kappa shape index (κ2) is 6.27. The molecule has 0 aromatic heterocycles. The number of hydrogen-bond acceptors (Lipinski definition) is 2. The predicted octanol–water partition coefficient (Wildman–Crippen LogP) is 5.32. The van der Waals surface area contributed by atoms with Gasteiger partial charge in [-0.25, -0.2) is 0 Å². The average molecular weight is 311 g/mol. The van der Waals surface area contributed by atoms with Crippen molar-refractivity contribution < 1.29 is 17.9 Å². The van der Waals surface area contributed by atoms with E-state index in [-0.39, 0.29) is 5.75 Å². The Balaban J connectivity index is 1.96. The maximum atomic E-state index is 12.0. The second-order valence-electron chi connectivity index (χ2n) is 4.52. The lowest BCUT2D eigenvalue weighted by Crippen LogP contribution is -2.19. The first-order chi connectivity index (χ1) is 8.94. The Labute approximate surface area is 119 Å². The van der Waals surface area contributed by atoms with Crippen molar-refractivity contribution in [3.05, 3.63) is 23.2 Å². The van der Waals surface area contributed by atoms with Crippen LogP contribution in [0.5, 0.6) is 5.75 Å². The molecule has 0 unspecified atom stereocenters. The van der Waals surface area contributed by atoms with E-state index < -0.39 is 12.8 Å². The van der Waals surface area contributed by atoms with E-state index in [9.17, 15) is 13.2 Å². The topological polar surface area (TPSA) is 9.23 Å². The molecular formula is C13H14ClF3OS. The summed E-state index contributed by atoms with van der Waals surface area (Å²) in [5.74, 6) is 0.151. The van der Waals surface area contributed by atoms with Gasteiger partial charge in [-0.15, -0.1) is 11.8 Å². The van der Waals surface area contributed by atoms with E-state index in [2.05, 4.69) is 4.74 Å². The number of hydrogen-bond donors (Lipinski definition) is 0. The van der Waals surface area contributed by atoms with Crippen LogP contribution in [-0.4, -0.2) is 18.0 Å². The quantitative estimate of drug-likeness (QED) is 0.744. The highest BCUT2D eigenvalue weighted by molar-refractivity contribution is 8.00. The van der Waals surface area contributed by atoms with Crippen LogP contribution in [0.15, 0.2) is 23.1 Å². The standard InChI is InChI=1S/C13H14ClF3OS/c14-11-7-9(18-8-13(15,16)17)5-6-12(11)19-10-3-1-2-4-10/h5-7,10H,1-4,8H2. The van der Waals surface area contributed by atoms with E-state index in [0.717, 1.165) is 4.90 Å². The Kier molecular flexibility index (Phi) is 4.90. The SMILES string of the molecule is FC(F)(F)COc1ccc(SC2CCCC2)c(Cl)c1. The third-order valence-electron chi connectivity index (χ3n) is 2.90. The van der Waals surface area contributed by atoms with Gasteiger partial charge in [-0.2, -0.15) is 13.2 Å². The van der Waals surface area contributed by atoms with Crippen molar-refractivity contribution in [1.29, 1.82) is 0 Å². The molecule has 0 heterocycles. The van der Waals surface area contributed by atoms with Crippen molar-refractivity contribution in [1.82, 2.24) is 0 Å². The van der Waals surface area contributed by atoms with Gasteiger partial charge in [-0.05, 0) is 31.0 Å². The molecule has 1 aromatic rings. The normalized spacial score (nSPS) is 16.8. The first-order valence-corrected chi connectivity index (χ1v) is 7.35. The summed E-state index contributed by atoms with van der Waals surface area (Å²) in [5.41, 5.74) is 0. The third kappa shape index (κ3) is 4.80. The van der Waals surface area contributed by atoms with Gasteiger partial charge < -0.3 is 4.74 Å². The number of halogens is 4. The van der Waals surface area contributed by atoms with Crippen molar-refractivity contribution in [2.75, 3.05) is 6.61 Å². The van der Waals surface area contributed by atoms with E-state index in [4.69, 9.17) is 11.6 Å². The summed E-state index contributed by atoms with van der Waals surface area (Å²) >= 11 is 7.78. The van der Waals surface area contributed by atoms with Crippen molar-refractivity contribution >= 4 is 23.4 Å². The fourth-order valence-corrected chi connectivity index (χ4v) is 3.57. The molecule has 1 saturated carbocycles. The summed E-state index contributed by atoms with van der Waals surface area (Å²) in [4.78, 5) is 0.910. The molecule has 106 valence electrons. The average Bonchev–Trinajstić information content (AvgIpc) is 2.81. The summed E-state index contributed by atoms with van der Waals surface area (Å²) in [6.45, 7) is -1.29. The van der Waals surface area contributed by atoms with Crippen LogP contribution in [0.25, 0.3) is 0 Å². The number of rotatable bonds is 4. The minimum Gasteiger partial charge on any atom is -0.484 e. The number of ether oxygens (including phenoxy) is 1. The molecule has 1 nitrogen and oxygen atoms in total. The number of thioether (sulfide) groups is 1. The summed E-state index contributed by atoms with van der Waals surface area (Å²) in [6.07, 6.45) is 0.495. The molecular weight excluding hydrogens is 297 g/mol. The van der Waals surface area contributed by atoms with Gasteiger partial charge in [0, 0.05) is 10.1 Å². The predicted molar refractivity (Wildman–Crippen MR) is 71.1 cm³/mol. The van der Waals surface area contributed by atoms with Crippen LogP contribution in [0.3, 0.4) is 0 Å². The smallest absolute Gasteiger partial charge is 0.422 e. The van der Waals surface area contributed by atoms with E-state index in [1.54, 1.807) is 17.8 Å². The molecule has 0 atom stereocenters. The minimum atomic E-state index is -4.33. The maximum absolute atomic E-state index is 12.0. The summed E-state index contributed by atoms with van der Waals surface area (Å²) in [5, 5.41) is 1.02. The van der Waals surface area contributed by atoms with Crippen LogP contribution < -0.4 is 4.74 Å². The maximum Gasteiger partial charge on any atom is 0.422 e. The first-order valence-electron chi connectivity index (χ1n) is 6.10. The summed E-state index contributed by atoms with van der Waals surface area (Å²) < 4.78 is 40.7. The Morgan fingerprint density at radius 2 is 1.95 bits per heavy atom. The molecule has 6 heteroatoms. The fraction of sp³-hybridized carbons (Fsp3) is 0.538. The molecule has 0 aliphatic heterocycles. The molecule has 0 saturated heterocycles. The lowest BCUT2D eigenvalue weighted by atomic mass is 10.3. The highest BCUT2D eigenvalue weighted by Gasteiger charge is 2.28. The monoisotopic (exact) mass is 310 g/mol. The van der Waals surface area contributed by atoms with Crippen LogP contribution in [-0.2, 0) is 0 Å². The van der Waals surface area contributed by atoms with Crippen molar-refractivity contribution in [2.24, 2.45) is 0 Å². The van der Waals surface area contributed by atoms with Gasteiger partial charge in [0.1, 0.15) is 5.75 Å². The van der Waals surface area contributed by atoms with Gasteiger partial charge in [0.15, 0.2) is 6.61 Å².